The number of amides is 1. The summed E-state index contributed by atoms with van der Waals surface area (Å²) in [6.07, 6.45) is 0. The van der Waals surface area contributed by atoms with E-state index in [1.54, 1.807) is 22.7 Å². The number of hydrogen-bond donors (Lipinski definition) is 2. The number of benzene rings is 2. The van der Waals surface area contributed by atoms with Gasteiger partial charge in [0.15, 0.2) is 10.9 Å². The van der Waals surface area contributed by atoms with Gasteiger partial charge in [0.1, 0.15) is 9.88 Å². The standard InChI is InChI=1S/C21H14Cl2N6OS3/c1-10-26-27-21-29(10)28-19(33-21)12-4-2-11(3-5-12)9-24-20(31)25-18(30)17-16(23)14-7-6-13(22)8-15(14)32-17/h2-8H,9H2,1H3,(H2,24,25,30,31). The molecule has 2 aromatic carbocycles. The molecule has 12 heteroatoms. The van der Waals surface area contributed by atoms with E-state index in [0.717, 1.165) is 37.0 Å². The van der Waals surface area contributed by atoms with E-state index in [9.17, 15) is 4.79 Å². The molecule has 0 aliphatic rings. The highest BCUT2D eigenvalue weighted by molar-refractivity contribution is 7.80. The summed E-state index contributed by atoms with van der Waals surface area (Å²) in [4.78, 5) is 13.8. The molecule has 5 rings (SSSR count). The van der Waals surface area contributed by atoms with E-state index in [4.69, 9.17) is 35.4 Å². The van der Waals surface area contributed by atoms with Crippen LogP contribution in [0.5, 0.6) is 0 Å². The SMILES string of the molecule is Cc1nnc2sc(-c3ccc(CNC(=S)NC(=O)c4sc5cc(Cl)ccc5c4Cl)cc3)nn12. The van der Waals surface area contributed by atoms with Gasteiger partial charge in [-0.25, -0.2) is 0 Å². The lowest BCUT2D eigenvalue weighted by Gasteiger charge is -2.09. The largest absolute Gasteiger partial charge is 0.358 e. The molecule has 5 aromatic rings. The van der Waals surface area contributed by atoms with E-state index < -0.39 is 0 Å². The van der Waals surface area contributed by atoms with Crippen LogP contribution < -0.4 is 10.6 Å². The van der Waals surface area contributed by atoms with E-state index in [-0.39, 0.29) is 11.0 Å². The van der Waals surface area contributed by atoms with Gasteiger partial charge in [0.25, 0.3) is 5.91 Å². The second-order valence-corrected chi connectivity index (χ2v) is 10.3. The highest BCUT2D eigenvalue weighted by Crippen LogP contribution is 2.36. The van der Waals surface area contributed by atoms with Crippen molar-refractivity contribution in [2.45, 2.75) is 13.5 Å². The van der Waals surface area contributed by atoms with E-state index in [0.29, 0.717) is 21.5 Å². The van der Waals surface area contributed by atoms with Gasteiger partial charge in [0, 0.05) is 27.2 Å². The Kier molecular flexibility index (Phi) is 6.02. The first-order valence-electron chi connectivity index (χ1n) is 9.64. The number of hydrogen-bond acceptors (Lipinski definition) is 7. The molecule has 0 bridgehead atoms. The fraction of sp³-hybridized carbons (Fsp3) is 0.0952. The van der Waals surface area contributed by atoms with Crippen LogP contribution in [-0.2, 0) is 6.54 Å². The Morgan fingerprint density at radius 1 is 1.12 bits per heavy atom. The third-order valence-corrected chi connectivity index (χ3v) is 7.91. The van der Waals surface area contributed by atoms with Crippen LogP contribution in [0.2, 0.25) is 10.0 Å². The second-order valence-electron chi connectivity index (χ2n) is 7.07. The average molecular weight is 533 g/mol. The van der Waals surface area contributed by atoms with Gasteiger partial charge < -0.3 is 5.32 Å². The predicted molar refractivity (Wildman–Crippen MR) is 138 cm³/mol. The minimum absolute atomic E-state index is 0.222. The Labute approximate surface area is 211 Å². The third-order valence-electron chi connectivity index (χ3n) is 4.83. The normalized spacial score (nSPS) is 11.2. The predicted octanol–water partition coefficient (Wildman–Crippen LogP) is 5.49. The third kappa shape index (κ3) is 4.44. The molecule has 0 fully saturated rings. The maximum absolute atomic E-state index is 12.7. The number of nitrogens with zero attached hydrogens (tertiary/aromatic N) is 4. The maximum Gasteiger partial charge on any atom is 0.269 e. The molecular weight excluding hydrogens is 519 g/mol. The van der Waals surface area contributed by atoms with Gasteiger partial charge in [-0.05, 0) is 36.8 Å². The van der Waals surface area contributed by atoms with Crippen LogP contribution >= 0.6 is 58.1 Å². The van der Waals surface area contributed by atoms with Crippen molar-refractivity contribution in [3.8, 4) is 10.6 Å². The minimum atomic E-state index is -0.358. The highest BCUT2D eigenvalue weighted by Gasteiger charge is 2.18. The number of thiophene rings is 1. The van der Waals surface area contributed by atoms with Crippen LogP contribution in [0, 0.1) is 6.92 Å². The number of thiocarbonyl (C=S) groups is 1. The van der Waals surface area contributed by atoms with Gasteiger partial charge in [-0.3, -0.25) is 10.1 Å². The van der Waals surface area contributed by atoms with Gasteiger partial charge in [0.2, 0.25) is 4.96 Å². The quantitative estimate of drug-likeness (QED) is 0.298. The molecule has 166 valence electrons. The van der Waals surface area contributed by atoms with Crippen LogP contribution in [0.1, 0.15) is 21.1 Å². The van der Waals surface area contributed by atoms with E-state index in [2.05, 4.69) is 25.9 Å². The molecule has 0 atom stereocenters. The molecule has 0 radical (unpaired) electrons. The fourth-order valence-corrected chi connectivity index (χ4v) is 5.91. The van der Waals surface area contributed by atoms with Gasteiger partial charge in [-0.1, -0.05) is 64.9 Å². The maximum atomic E-state index is 12.7. The first-order valence-corrected chi connectivity index (χ1v) is 12.4. The van der Waals surface area contributed by atoms with Crippen molar-refractivity contribution in [3.63, 3.8) is 0 Å². The monoisotopic (exact) mass is 532 g/mol. The lowest BCUT2D eigenvalue weighted by Crippen LogP contribution is -2.38. The highest BCUT2D eigenvalue weighted by atomic mass is 35.5. The smallest absolute Gasteiger partial charge is 0.269 e. The van der Waals surface area contributed by atoms with Crippen molar-refractivity contribution in [2.75, 3.05) is 0 Å². The zero-order chi connectivity index (χ0) is 23.1. The molecule has 7 nitrogen and oxygen atoms in total. The van der Waals surface area contributed by atoms with Crippen molar-refractivity contribution in [3.05, 3.63) is 68.8 Å². The lowest BCUT2D eigenvalue weighted by atomic mass is 10.1. The van der Waals surface area contributed by atoms with Crippen molar-refractivity contribution in [2.24, 2.45) is 0 Å². The van der Waals surface area contributed by atoms with Crippen molar-refractivity contribution in [1.29, 1.82) is 0 Å². The summed E-state index contributed by atoms with van der Waals surface area (Å²) in [6.45, 7) is 2.32. The van der Waals surface area contributed by atoms with Crippen molar-refractivity contribution in [1.82, 2.24) is 30.4 Å². The van der Waals surface area contributed by atoms with Crippen LogP contribution in [0.25, 0.3) is 25.6 Å². The number of carbonyl (C=O) groups is 1. The van der Waals surface area contributed by atoms with Gasteiger partial charge in [0.05, 0.1) is 5.02 Å². The Morgan fingerprint density at radius 2 is 1.91 bits per heavy atom. The number of nitrogens with one attached hydrogen (secondary N) is 2. The summed E-state index contributed by atoms with van der Waals surface area (Å²) in [6, 6.07) is 13.3. The molecule has 3 aromatic heterocycles. The fourth-order valence-electron chi connectivity index (χ4n) is 3.17. The molecule has 0 saturated carbocycles. The molecule has 0 saturated heterocycles. The van der Waals surface area contributed by atoms with Crippen LogP contribution in [-0.4, -0.2) is 30.8 Å². The number of aryl methyl sites for hydroxylation is 1. The molecule has 0 spiro atoms. The Hall–Kier alpha value is -2.63. The Balaban J connectivity index is 1.21. The summed E-state index contributed by atoms with van der Waals surface area (Å²) in [5, 5.41) is 21.2. The second kappa shape index (κ2) is 8.96. The van der Waals surface area contributed by atoms with Crippen LogP contribution in [0.15, 0.2) is 42.5 Å². The van der Waals surface area contributed by atoms with E-state index in [1.165, 1.54) is 22.7 Å². The molecule has 1 amide bonds. The molecule has 3 heterocycles. The van der Waals surface area contributed by atoms with Crippen LogP contribution in [0.4, 0.5) is 0 Å². The van der Waals surface area contributed by atoms with Gasteiger partial charge in [-0.2, -0.15) is 9.61 Å². The first kappa shape index (κ1) is 22.2. The zero-order valence-corrected chi connectivity index (χ0v) is 20.9. The van der Waals surface area contributed by atoms with Crippen LogP contribution in [0.3, 0.4) is 0 Å². The number of carbonyl (C=O) groups excluding carboxylic acids is 1. The molecule has 0 aliphatic carbocycles. The summed E-state index contributed by atoms with van der Waals surface area (Å²) in [5.74, 6) is 0.397. The van der Waals surface area contributed by atoms with Gasteiger partial charge >= 0.3 is 0 Å². The average Bonchev–Trinajstić information content (AvgIpc) is 3.47. The number of rotatable bonds is 4. The number of halogens is 2. The molecule has 0 aliphatic heterocycles. The Bertz CT molecular complexity index is 1520. The number of fused-ring (bicyclic) bond motifs is 2. The molecule has 2 N–H and O–H groups in total. The van der Waals surface area contributed by atoms with E-state index >= 15 is 0 Å². The van der Waals surface area contributed by atoms with Gasteiger partial charge in [-0.15, -0.1) is 21.5 Å². The summed E-state index contributed by atoms with van der Waals surface area (Å²) in [7, 11) is 0. The molecule has 0 unspecified atom stereocenters. The molecular formula is C21H14Cl2N6OS3. The number of aromatic nitrogens is 4. The Morgan fingerprint density at radius 3 is 2.67 bits per heavy atom. The first-order chi connectivity index (χ1) is 15.9. The summed E-state index contributed by atoms with van der Waals surface area (Å²) in [5.41, 5.74) is 1.99. The zero-order valence-electron chi connectivity index (χ0n) is 16.9. The lowest BCUT2D eigenvalue weighted by molar-refractivity contribution is 0.0981. The van der Waals surface area contributed by atoms with Crippen molar-refractivity contribution >= 4 is 84.2 Å². The summed E-state index contributed by atoms with van der Waals surface area (Å²) >= 11 is 20.5. The summed E-state index contributed by atoms with van der Waals surface area (Å²) < 4.78 is 2.57. The minimum Gasteiger partial charge on any atom is -0.358 e. The topological polar surface area (TPSA) is 84.2 Å². The van der Waals surface area contributed by atoms with E-state index in [1.807, 2.05) is 31.2 Å². The van der Waals surface area contributed by atoms with Crippen molar-refractivity contribution < 1.29 is 4.79 Å². The molecule has 33 heavy (non-hydrogen) atoms.